The number of aliphatic hydroxyl groups is 1. The van der Waals surface area contributed by atoms with Crippen LogP contribution >= 0.6 is 11.3 Å². The van der Waals surface area contributed by atoms with E-state index >= 15 is 0 Å². The highest BCUT2D eigenvalue weighted by atomic mass is 32.1. The molecule has 6 nitrogen and oxygen atoms in total. The maximum atomic E-state index is 12.9. The average Bonchev–Trinajstić information content (AvgIpc) is 3.47. The molecule has 1 N–H and O–H groups in total. The zero-order valence-corrected chi connectivity index (χ0v) is 16.5. The fourth-order valence-corrected chi connectivity index (χ4v) is 4.26. The van der Waals surface area contributed by atoms with E-state index in [1.165, 1.54) is 22.5 Å². The predicted molar refractivity (Wildman–Crippen MR) is 108 cm³/mol. The number of carbonyl (C=O) groups excluding carboxylic acids is 2. The molecule has 1 aromatic carbocycles. The van der Waals surface area contributed by atoms with Gasteiger partial charge in [-0.1, -0.05) is 18.2 Å². The highest BCUT2D eigenvalue weighted by Crippen LogP contribution is 2.42. The van der Waals surface area contributed by atoms with E-state index in [0.29, 0.717) is 23.7 Å². The van der Waals surface area contributed by atoms with Crippen molar-refractivity contribution in [3.05, 3.63) is 81.9 Å². The first-order valence-electron chi connectivity index (χ1n) is 9.17. The average molecular weight is 409 g/mol. The Morgan fingerprint density at radius 1 is 1.21 bits per heavy atom. The van der Waals surface area contributed by atoms with Crippen LogP contribution in [0.4, 0.5) is 0 Å². The number of carbonyl (C=O) groups is 2. The van der Waals surface area contributed by atoms with Crippen molar-refractivity contribution in [2.45, 2.75) is 19.5 Å². The van der Waals surface area contributed by atoms with Crippen molar-refractivity contribution in [3.63, 3.8) is 0 Å². The molecule has 2 aromatic heterocycles. The Morgan fingerprint density at radius 3 is 2.76 bits per heavy atom. The van der Waals surface area contributed by atoms with E-state index in [1.54, 1.807) is 36.4 Å². The highest BCUT2D eigenvalue weighted by Gasteiger charge is 2.46. The van der Waals surface area contributed by atoms with Gasteiger partial charge in [-0.25, -0.2) is 0 Å². The predicted octanol–water partition coefficient (Wildman–Crippen LogP) is 4.36. The molecule has 3 heterocycles. The number of ether oxygens (including phenoxy) is 1. The number of Topliss-reactive ketones (excluding diaryl/α,β-unsaturated/α-hetero) is 1. The lowest BCUT2D eigenvalue weighted by atomic mass is 9.99. The Bertz CT molecular complexity index is 1050. The third-order valence-corrected chi connectivity index (χ3v) is 5.60. The van der Waals surface area contributed by atoms with Crippen LogP contribution < -0.4 is 4.74 Å². The minimum absolute atomic E-state index is 0.0673. The van der Waals surface area contributed by atoms with Gasteiger partial charge in [0, 0.05) is 10.4 Å². The first kappa shape index (κ1) is 19.0. The molecule has 148 valence electrons. The number of likely N-dealkylation sites (tertiary alicyclic amines) is 1. The number of thiophene rings is 1. The first-order chi connectivity index (χ1) is 14.1. The zero-order valence-electron chi connectivity index (χ0n) is 15.7. The molecule has 4 rings (SSSR count). The number of hydrogen-bond acceptors (Lipinski definition) is 6. The smallest absolute Gasteiger partial charge is 0.296 e. The standard InChI is InChI=1S/C22H19NO5S/c1-2-27-15-7-3-6-14(12-15)20(24)18-19(17-9-5-11-29-17)23(22(26)21(18)25)13-16-8-4-10-28-16/h3-12,19,24H,2,13H2,1H3. The third-order valence-electron chi connectivity index (χ3n) is 4.68. The molecule has 1 aliphatic rings. The quantitative estimate of drug-likeness (QED) is 0.372. The van der Waals surface area contributed by atoms with Gasteiger partial charge in [0.25, 0.3) is 11.7 Å². The van der Waals surface area contributed by atoms with E-state index in [0.717, 1.165) is 4.88 Å². The number of benzene rings is 1. The Balaban J connectivity index is 1.81. The van der Waals surface area contributed by atoms with E-state index in [-0.39, 0.29) is 17.9 Å². The number of ketones is 1. The Morgan fingerprint density at radius 2 is 2.07 bits per heavy atom. The minimum atomic E-state index is -0.714. The second-order valence-corrected chi connectivity index (χ2v) is 7.46. The number of aliphatic hydroxyl groups excluding tert-OH is 1. The van der Waals surface area contributed by atoms with Crippen molar-refractivity contribution in [3.8, 4) is 5.75 Å². The van der Waals surface area contributed by atoms with Gasteiger partial charge in [0.05, 0.1) is 25.0 Å². The summed E-state index contributed by atoms with van der Waals surface area (Å²) < 4.78 is 10.9. The normalized spacial score (nSPS) is 18.4. The summed E-state index contributed by atoms with van der Waals surface area (Å²) in [5.74, 6) is -0.456. The molecule has 7 heteroatoms. The third kappa shape index (κ3) is 3.56. The fourth-order valence-electron chi connectivity index (χ4n) is 3.41. The summed E-state index contributed by atoms with van der Waals surface area (Å²) in [5, 5.41) is 12.9. The van der Waals surface area contributed by atoms with Crippen LogP contribution in [0.25, 0.3) is 5.76 Å². The molecular formula is C22H19NO5S. The van der Waals surface area contributed by atoms with Crippen molar-refractivity contribution >= 4 is 28.8 Å². The van der Waals surface area contributed by atoms with Gasteiger partial charge in [-0.2, -0.15) is 0 Å². The SMILES string of the molecule is CCOc1cccc(C(O)=C2C(=O)C(=O)N(Cc3ccco3)C2c2cccs2)c1. The van der Waals surface area contributed by atoms with E-state index in [4.69, 9.17) is 9.15 Å². The van der Waals surface area contributed by atoms with Crippen LogP contribution in [0.2, 0.25) is 0 Å². The summed E-state index contributed by atoms with van der Waals surface area (Å²) in [5.41, 5.74) is 0.492. The zero-order chi connectivity index (χ0) is 20.4. The number of amides is 1. The fraction of sp³-hybridized carbons (Fsp3) is 0.182. The summed E-state index contributed by atoms with van der Waals surface area (Å²) in [6, 6.07) is 13.3. The largest absolute Gasteiger partial charge is 0.507 e. The van der Waals surface area contributed by atoms with Gasteiger partial charge in [-0.15, -0.1) is 11.3 Å². The second kappa shape index (κ2) is 7.97. The molecule has 0 radical (unpaired) electrons. The van der Waals surface area contributed by atoms with Gasteiger partial charge in [-0.3, -0.25) is 9.59 Å². The molecular weight excluding hydrogens is 390 g/mol. The number of hydrogen-bond donors (Lipinski definition) is 1. The van der Waals surface area contributed by atoms with Gasteiger partial charge in [0.15, 0.2) is 0 Å². The summed E-state index contributed by atoms with van der Waals surface area (Å²) in [6.45, 7) is 2.48. The van der Waals surface area contributed by atoms with E-state index in [1.807, 2.05) is 24.4 Å². The Labute approximate surface area is 171 Å². The summed E-state index contributed by atoms with van der Waals surface area (Å²) in [6.07, 6.45) is 1.52. The van der Waals surface area contributed by atoms with Crippen LogP contribution in [-0.2, 0) is 16.1 Å². The summed E-state index contributed by atoms with van der Waals surface area (Å²) in [7, 11) is 0. The van der Waals surface area contributed by atoms with Gasteiger partial charge in [0.2, 0.25) is 0 Å². The van der Waals surface area contributed by atoms with Gasteiger partial charge in [-0.05, 0) is 42.6 Å². The van der Waals surface area contributed by atoms with E-state index < -0.39 is 17.7 Å². The van der Waals surface area contributed by atoms with E-state index in [2.05, 4.69) is 0 Å². The van der Waals surface area contributed by atoms with Crippen LogP contribution in [0.3, 0.4) is 0 Å². The number of rotatable bonds is 6. The lowest BCUT2D eigenvalue weighted by Crippen LogP contribution is -2.28. The Hall–Kier alpha value is -3.32. The molecule has 0 aliphatic carbocycles. The number of furan rings is 1. The summed E-state index contributed by atoms with van der Waals surface area (Å²) >= 11 is 1.42. The van der Waals surface area contributed by atoms with Crippen LogP contribution in [0.5, 0.6) is 5.75 Å². The molecule has 1 fully saturated rings. The maximum absolute atomic E-state index is 12.9. The van der Waals surface area contributed by atoms with Gasteiger partial charge >= 0.3 is 0 Å². The van der Waals surface area contributed by atoms with Crippen molar-refractivity contribution < 1.29 is 23.8 Å². The van der Waals surface area contributed by atoms with Crippen LogP contribution in [0.1, 0.15) is 29.2 Å². The van der Waals surface area contributed by atoms with Crippen molar-refractivity contribution in [1.82, 2.24) is 4.90 Å². The molecule has 1 aliphatic heterocycles. The monoisotopic (exact) mass is 409 g/mol. The Kier molecular flexibility index (Phi) is 5.22. The topological polar surface area (TPSA) is 80.0 Å². The molecule has 0 bridgehead atoms. The van der Waals surface area contributed by atoms with E-state index in [9.17, 15) is 14.7 Å². The lowest BCUT2D eigenvalue weighted by molar-refractivity contribution is -0.140. The molecule has 0 spiro atoms. The lowest BCUT2D eigenvalue weighted by Gasteiger charge is -2.23. The summed E-state index contributed by atoms with van der Waals surface area (Å²) in [4.78, 5) is 28.0. The highest BCUT2D eigenvalue weighted by molar-refractivity contribution is 7.10. The van der Waals surface area contributed by atoms with Crippen molar-refractivity contribution in [2.75, 3.05) is 6.61 Å². The second-order valence-electron chi connectivity index (χ2n) is 6.48. The van der Waals surface area contributed by atoms with Crippen molar-refractivity contribution in [2.24, 2.45) is 0 Å². The molecule has 29 heavy (non-hydrogen) atoms. The first-order valence-corrected chi connectivity index (χ1v) is 10.1. The molecule has 1 saturated heterocycles. The molecule has 0 saturated carbocycles. The van der Waals surface area contributed by atoms with Gasteiger partial charge in [0.1, 0.15) is 23.3 Å². The molecule has 1 unspecified atom stereocenters. The molecule has 1 amide bonds. The van der Waals surface area contributed by atoms with Crippen LogP contribution in [-0.4, -0.2) is 28.3 Å². The maximum Gasteiger partial charge on any atom is 0.296 e. The van der Waals surface area contributed by atoms with Gasteiger partial charge < -0.3 is 19.2 Å². The minimum Gasteiger partial charge on any atom is -0.507 e. The van der Waals surface area contributed by atoms with Crippen LogP contribution in [0, 0.1) is 0 Å². The molecule has 1 atom stereocenters. The molecule has 3 aromatic rings. The van der Waals surface area contributed by atoms with Crippen LogP contribution in [0.15, 0.2) is 70.2 Å². The number of nitrogens with zero attached hydrogens (tertiary/aromatic N) is 1. The van der Waals surface area contributed by atoms with Crippen molar-refractivity contribution in [1.29, 1.82) is 0 Å².